The van der Waals surface area contributed by atoms with Crippen molar-refractivity contribution in [3.63, 3.8) is 0 Å². The maximum atomic E-state index is 11.9. The first-order valence-electron chi connectivity index (χ1n) is 6.16. The monoisotopic (exact) mass is 370 g/mol. The summed E-state index contributed by atoms with van der Waals surface area (Å²) >= 11 is 1.76. The van der Waals surface area contributed by atoms with E-state index in [2.05, 4.69) is 6.92 Å². The van der Waals surface area contributed by atoms with Crippen LogP contribution in [0.3, 0.4) is 0 Å². The first-order chi connectivity index (χ1) is 9.16. The van der Waals surface area contributed by atoms with Crippen LogP contribution in [0.25, 0.3) is 0 Å². The van der Waals surface area contributed by atoms with Crippen molar-refractivity contribution in [2.45, 2.75) is 17.5 Å². The minimum atomic E-state index is -0.274. The normalized spacial score (nSPS) is 11.9. The van der Waals surface area contributed by atoms with Crippen molar-refractivity contribution in [2.75, 3.05) is 0 Å². The number of hydrogen-bond donors (Lipinski definition) is 0. The van der Waals surface area contributed by atoms with Gasteiger partial charge in [-0.25, -0.2) is 0 Å². The summed E-state index contributed by atoms with van der Waals surface area (Å²) in [6.45, 7) is 2.46. The Morgan fingerprint density at radius 2 is 1.74 bits per heavy atom. The molecular weight excluding hydrogens is 352 g/mol. The number of rotatable bonds is 4. The Kier molecular flexibility index (Phi) is 5.01. The van der Waals surface area contributed by atoms with Gasteiger partial charge in [0.1, 0.15) is 0 Å². The molecule has 0 aliphatic carbocycles. The van der Waals surface area contributed by atoms with E-state index in [-0.39, 0.29) is 5.97 Å². The van der Waals surface area contributed by atoms with Crippen molar-refractivity contribution in [1.82, 2.24) is 0 Å². The first-order valence-corrected chi connectivity index (χ1v) is 7.63. The summed E-state index contributed by atoms with van der Waals surface area (Å²) in [5, 5.41) is 0. The molecule has 2 nitrogen and oxygen atoms in total. The molecule has 0 aliphatic rings. The number of benzene rings is 2. The molecule has 19 heavy (non-hydrogen) atoms. The molecule has 2 aromatic carbocycles. The molecule has 0 heterocycles. The summed E-state index contributed by atoms with van der Waals surface area (Å²) in [7, 11) is 0. The Bertz CT molecular complexity index is 532. The second-order valence-electron chi connectivity index (χ2n) is 4.36. The molecule has 2 rings (SSSR count). The van der Waals surface area contributed by atoms with Crippen LogP contribution in [0.15, 0.2) is 54.6 Å². The van der Waals surface area contributed by atoms with E-state index in [1.807, 2.05) is 54.6 Å². The molecule has 0 fully saturated rings. The molecule has 0 saturated heterocycles. The third-order valence-corrected chi connectivity index (χ3v) is 3.69. The second kappa shape index (κ2) is 6.75. The fourth-order valence-electron chi connectivity index (χ4n) is 1.70. The van der Waals surface area contributed by atoms with E-state index in [4.69, 9.17) is 4.74 Å². The van der Waals surface area contributed by atoms with Crippen molar-refractivity contribution in [3.05, 3.63) is 71.3 Å². The van der Waals surface area contributed by atoms with Crippen LogP contribution in [0.4, 0.5) is 0 Å². The molecule has 0 aromatic heterocycles. The first kappa shape index (κ1) is 14.1. The molecule has 3 heteroatoms. The zero-order valence-corrected chi connectivity index (χ0v) is 13.3. The molecule has 2 aromatic rings. The van der Waals surface area contributed by atoms with Gasteiger partial charge < -0.3 is 0 Å². The predicted octanol–water partition coefficient (Wildman–Crippen LogP) is 3.01. The third-order valence-electron chi connectivity index (χ3n) is 2.84. The molecule has 1 unspecified atom stereocenters. The van der Waals surface area contributed by atoms with Crippen molar-refractivity contribution >= 4 is 28.3 Å². The second-order valence-corrected chi connectivity index (χ2v) is 6.57. The van der Waals surface area contributed by atoms with E-state index in [1.54, 1.807) is 22.3 Å². The van der Waals surface area contributed by atoms with Crippen LogP contribution in [-0.2, 0) is 11.3 Å². The topological polar surface area (TPSA) is 26.3 Å². The van der Waals surface area contributed by atoms with Crippen LogP contribution < -0.4 is 0 Å². The molecule has 98 valence electrons. The van der Waals surface area contributed by atoms with Gasteiger partial charge in [0.2, 0.25) is 0 Å². The van der Waals surface area contributed by atoms with E-state index in [1.165, 1.54) is 5.56 Å². The van der Waals surface area contributed by atoms with Crippen LogP contribution in [0.2, 0.25) is 0 Å². The number of ether oxygens (including phenoxy) is 1. The minimum absolute atomic E-state index is 0.274. The predicted molar refractivity (Wildman–Crippen MR) is 77.6 cm³/mol. The molecule has 0 saturated carbocycles. The van der Waals surface area contributed by atoms with Gasteiger partial charge in [-0.2, -0.15) is 0 Å². The number of carbonyl (C=O) groups is 1. The van der Waals surface area contributed by atoms with E-state index < -0.39 is 0 Å². The Morgan fingerprint density at radius 3 is 2.32 bits per heavy atom. The molecule has 0 spiro atoms. The Hall–Kier alpha value is -1.30. The van der Waals surface area contributed by atoms with E-state index in [9.17, 15) is 4.79 Å². The summed E-state index contributed by atoms with van der Waals surface area (Å²) in [6.07, 6.45) is 0. The molecule has 1 atom stereocenters. The zero-order chi connectivity index (χ0) is 13.7. The zero-order valence-electron chi connectivity index (χ0n) is 10.7. The van der Waals surface area contributed by atoms with Gasteiger partial charge in [-0.05, 0) is 0 Å². The molecule has 0 radical (unpaired) electrons. The van der Waals surface area contributed by atoms with Gasteiger partial charge in [-0.1, -0.05) is 0 Å². The van der Waals surface area contributed by atoms with Gasteiger partial charge in [0.25, 0.3) is 0 Å². The fourth-order valence-corrected chi connectivity index (χ4v) is 2.20. The standard InChI is InChI=1S/C16H16O2Te/c1-12(19)14-7-9-15(10-8-14)16(17)18-11-13-5-3-2-4-6-13/h2-10,12,19H,11H2,1H3. The summed E-state index contributed by atoms with van der Waals surface area (Å²) in [6, 6.07) is 17.3. The van der Waals surface area contributed by atoms with Gasteiger partial charge in [0.15, 0.2) is 0 Å². The van der Waals surface area contributed by atoms with Crippen molar-refractivity contribution < 1.29 is 9.53 Å². The third kappa shape index (κ3) is 4.09. The quantitative estimate of drug-likeness (QED) is 0.613. The number of carbonyl (C=O) groups excluding carboxylic acids is 1. The number of hydrogen-bond acceptors (Lipinski definition) is 2. The van der Waals surface area contributed by atoms with Crippen LogP contribution >= 0.6 is 0 Å². The average molecular weight is 368 g/mol. The Balaban J connectivity index is 1.96. The van der Waals surface area contributed by atoms with Crippen molar-refractivity contribution in [1.29, 1.82) is 0 Å². The van der Waals surface area contributed by atoms with Gasteiger partial charge in [0, 0.05) is 0 Å². The van der Waals surface area contributed by atoms with Crippen LogP contribution in [0.5, 0.6) is 0 Å². The van der Waals surface area contributed by atoms with E-state index in [0.29, 0.717) is 16.1 Å². The molecule has 0 N–H and O–H groups in total. The Morgan fingerprint density at radius 1 is 1.11 bits per heavy atom. The molecule has 0 aliphatic heterocycles. The Labute approximate surface area is 126 Å². The average Bonchev–Trinajstić information content (AvgIpc) is 2.46. The van der Waals surface area contributed by atoms with Crippen LogP contribution in [0, 0.1) is 0 Å². The van der Waals surface area contributed by atoms with Gasteiger partial charge in [-0.3, -0.25) is 0 Å². The SMILES string of the molecule is CC([TeH])c1ccc(C(=O)OCc2ccccc2)cc1. The summed E-state index contributed by atoms with van der Waals surface area (Å²) in [5.74, 6) is -0.274. The van der Waals surface area contributed by atoms with Crippen LogP contribution in [-0.4, -0.2) is 28.3 Å². The molecule has 0 bridgehead atoms. The molecular formula is C16H16O2Te. The number of esters is 1. The summed E-state index contributed by atoms with van der Waals surface area (Å²) < 4.78 is 5.80. The summed E-state index contributed by atoms with van der Waals surface area (Å²) in [4.78, 5) is 11.9. The summed E-state index contributed by atoms with van der Waals surface area (Å²) in [5.41, 5.74) is 2.84. The van der Waals surface area contributed by atoms with Crippen molar-refractivity contribution in [3.8, 4) is 0 Å². The fraction of sp³-hybridized carbons (Fsp3) is 0.188. The van der Waals surface area contributed by atoms with Gasteiger partial charge >= 0.3 is 127 Å². The van der Waals surface area contributed by atoms with E-state index in [0.717, 1.165) is 5.56 Å². The van der Waals surface area contributed by atoms with Gasteiger partial charge in [-0.15, -0.1) is 0 Å². The van der Waals surface area contributed by atoms with Gasteiger partial charge in [0.05, 0.1) is 0 Å². The van der Waals surface area contributed by atoms with Crippen molar-refractivity contribution in [2.24, 2.45) is 0 Å². The van der Waals surface area contributed by atoms with Crippen LogP contribution in [0.1, 0.15) is 32.4 Å². The maximum absolute atomic E-state index is 11.9. The van der Waals surface area contributed by atoms with E-state index >= 15 is 0 Å². The molecule has 0 amide bonds.